The van der Waals surface area contributed by atoms with Crippen LogP contribution in [-0.4, -0.2) is 41.8 Å². The highest BCUT2D eigenvalue weighted by Crippen LogP contribution is 2.20. The second-order valence-corrected chi connectivity index (χ2v) is 5.25. The largest absolute Gasteiger partial charge is 0.372 e. The molecule has 2 rings (SSSR count). The molecule has 106 valence electrons. The van der Waals surface area contributed by atoms with Crippen LogP contribution in [0.25, 0.3) is 0 Å². The van der Waals surface area contributed by atoms with Crippen LogP contribution in [0, 0.1) is 6.92 Å². The Hall–Kier alpha value is -1.36. The van der Waals surface area contributed by atoms with Gasteiger partial charge in [0.25, 0.3) is 0 Å². The molecule has 2 unspecified atom stereocenters. The van der Waals surface area contributed by atoms with Crippen molar-refractivity contribution in [1.29, 1.82) is 0 Å². The summed E-state index contributed by atoms with van der Waals surface area (Å²) in [6.07, 6.45) is 1.57. The minimum absolute atomic E-state index is 0.242. The Morgan fingerprint density at radius 3 is 2.63 bits per heavy atom. The summed E-state index contributed by atoms with van der Waals surface area (Å²) in [6.45, 7) is 11.0. The van der Waals surface area contributed by atoms with Crippen LogP contribution in [0.15, 0.2) is 6.07 Å². The van der Waals surface area contributed by atoms with E-state index < -0.39 is 0 Å². The van der Waals surface area contributed by atoms with Gasteiger partial charge in [-0.1, -0.05) is 6.92 Å². The number of hydrogen-bond donors (Lipinski definition) is 1. The van der Waals surface area contributed by atoms with Crippen molar-refractivity contribution in [3.05, 3.63) is 11.9 Å². The SMILES string of the molecule is CCCNc1cc(N2CC(C)OC(C)C2)nc(C)n1. The van der Waals surface area contributed by atoms with E-state index in [1.165, 1.54) is 0 Å². The third-order valence-electron chi connectivity index (χ3n) is 3.12. The molecule has 0 spiro atoms. The van der Waals surface area contributed by atoms with Gasteiger partial charge in [-0.2, -0.15) is 0 Å². The number of aromatic nitrogens is 2. The van der Waals surface area contributed by atoms with Crippen LogP contribution < -0.4 is 10.2 Å². The van der Waals surface area contributed by atoms with Crippen molar-refractivity contribution in [2.45, 2.75) is 46.3 Å². The number of ether oxygens (including phenoxy) is 1. The van der Waals surface area contributed by atoms with Crippen LogP contribution in [0.2, 0.25) is 0 Å². The number of hydrogen-bond acceptors (Lipinski definition) is 5. The van der Waals surface area contributed by atoms with Gasteiger partial charge >= 0.3 is 0 Å². The highest BCUT2D eigenvalue weighted by molar-refractivity contribution is 5.49. The standard InChI is InChI=1S/C14H24N4O/c1-5-6-15-13-7-14(17-12(4)16-13)18-8-10(2)19-11(3)9-18/h7,10-11H,5-6,8-9H2,1-4H3,(H,15,16,17). The van der Waals surface area contributed by atoms with Crippen molar-refractivity contribution in [1.82, 2.24) is 9.97 Å². The van der Waals surface area contributed by atoms with Crippen molar-refractivity contribution in [2.75, 3.05) is 29.9 Å². The monoisotopic (exact) mass is 264 g/mol. The molecule has 0 aromatic carbocycles. The smallest absolute Gasteiger partial charge is 0.134 e. The molecule has 1 saturated heterocycles. The topological polar surface area (TPSA) is 50.3 Å². The summed E-state index contributed by atoms with van der Waals surface area (Å²) in [6, 6.07) is 2.04. The maximum absolute atomic E-state index is 5.76. The molecule has 1 fully saturated rings. The van der Waals surface area contributed by atoms with E-state index in [2.05, 4.69) is 41.0 Å². The Morgan fingerprint density at radius 1 is 1.32 bits per heavy atom. The Bertz CT molecular complexity index is 414. The van der Waals surface area contributed by atoms with Crippen LogP contribution in [0.3, 0.4) is 0 Å². The number of morpholine rings is 1. The van der Waals surface area contributed by atoms with E-state index in [9.17, 15) is 0 Å². The van der Waals surface area contributed by atoms with Crippen LogP contribution in [-0.2, 0) is 4.74 Å². The summed E-state index contributed by atoms with van der Waals surface area (Å²) >= 11 is 0. The van der Waals surface area contributed by atoms with Crippen LogP contribution in [0.4, 0.5) is 11.6 Å². The Labute approximate surface area is 115 Å². The fourth-order valence-corrected chi connectivity index (χ4v) is 2.42. The summed E-state index contributed by atoms with van der Waals surface area (Å²) in [5.74, 6) is 2.71. The average Bonchev–Trinajstić information content (AvgIpc) is 2.34. The molecule has 5 nitrogen and oxygen atoms in total. The summed E-state index contributed by atoms with van der Waals surface area (Å²) in [4.78, 5) is 11.3. The molecule has 0 saturated carbocycles. The van der Waals surface area contributed by atoms with Gasteiger partial charge in [-0.25, -0.2) is 9.97 Å². The molecule has 1 aliphatic rings. The minimum atomic E-state index is 0.242. The van der Waals surface area contributed by atoms with E-state index in [1.54, 1.807) is 0 Å². The van der Waals surface area contributed by atoms with E-state index in [-0.39, 0.29) is 12.2 Å². The lowest BCUT2D eigenvalue weighted by Crippen LogP contribution is -2.46. The molecule has 1 aromatic rings. The van der Waals surface area contributed by atoms with E-state index in [0.717, 1.165) is 43.5 Å². The predicted molar refractivity (Wildman–Crippen MR) is 77.8 cm³/mol. The molecule has 0 aliphatic carbocycles. The first kappa shape index (κ1) is 14.1. The van der Waals surface area contributed by atoms with Gasteiger partial charge in [0.15, 0.2) is 0 Å². The van der Waals surface area contributed by atoms with Gasteiger partial charge in [0.1, 0.15) is 17.5 Å². The first-order valence-corrected chi connectivity index (χ1v) is 7.08. The highest BCUT2D eigenvalue weighted by atomic mass is 16.5. The Kier molecular flexibility index (Phi) is 4.58. The zero-order valence-corrected chi connectivity index (χ0v) is 12.3. The van der Waals surface area contributed by atoms with Gasteiger partial charge in [-0.05, 0) is 27.2 Å². The molecule has 1 N–H and O–H groups in total. The van der Waals surface area contributed by atoms with Gasteiger partial charge in [0.05, 0.1) is 12.2 Å². The van der Waals surface area contributed by atoms with Crippen molar-refractivity contribution in [2.24, 2.45) is 0 Å². The molecule has 1 aromatic heterocycles. The van der Waals surface area contributed by atoms with Crippen molar-refractivity contribution < 1.29 is 4.74 Å². The van der Waals surface area contributed by atoms with Crippen LogP contribution in [0.1, 0.15) is 33.0 Å². The van der Waals surface area contributed by atoms with Crippen molar-refractivity contribution in [3.8, 4) is 0 Å². The number of rotatable bonds is 4. The predicted octanol–water partition coefficient (Wildman–Crippen LogP) is 2.22. The number of nitrogens with zero attached hydrogens (tertiary/aromatic N) is 3. The fraction of sp³-hybridized carbons (Fsp3) is 0.714. The van der Waals surface area contributed by atoms with Gasteiger partial charge in [0.2, 0.25) is 0 Å². The highest BCUT2D eigenvalue weighted by Gasteiger charge is 2.23. The molecule has 0 bridgehead atoms. The summed E-state index contributed by atoms with van der Waals surface area (Å²) < 4.78 is 5.76. The normalized spacial score (nSPS) is 23.5. The van der Waals surface area contributed by atoms with Gasteiger partial charge in [0, 0.05) is 25.7 Å². The molecule has 1 aliphatic heterocycles. The third-order valence-corrected chi connectivity index (χ3v) is 3.12. The molecule has 0 radical (unpaired) electrons. The molecular weight excluding hydrogens is 240 g/mol. The van der Waals surface area contributed by atoms with E-state index >= 15 is 0 Å². The number of nitrogens with one attached hydrogen (secondary N) is 1. The summed E-state index contributed by atoms with van der Waals surface area (Å²) in [5, 5.41) is 3.33. The number of aryl methyl sites for hydroxylation is 1. The average molecular weight is 264 g/mol. The maximum Gasteiger partial charge on any atom is 0.134 e. The Balaban J connectivity index is 2.16. The zero-order chi connectivity index (χ0) is 13.8. The third kappa shape index (κ3) is 3.80. The van der Waals surface area contributed by atoms with Gasteiger partial charge in [-0.15, -0.1) is 0 Å². The molecule has 2 atom stereocenters. The van der Waals surface area contributed by atoms with Crippen molar-refractivity contribution >= 4 is 11.6 Å². The van der Waals surface area contributed by atoms with E-state index in [4.69, 9.17) is 4.74 Å². The summed E-state index contributed by atoms with van der Waals surface area (Å²) in [5.41, 5.74) is 0. The van der Waals surface area contributed by atoms with Crippen LogP contribution >= 0.6 is 0 Å². The quantitative estimate of drug-likeness (QED) is 0.903. The maximum atomic E-state index is 5.76. The molecule has 2 heterocycles. The zero-order valence-electron chi connectivity index (χ0n) is 12.3. The molecule has 0 amide bonds. The first-order chi connectivity index (χ1) is 9.08. The molecular formula is C14H24N4O. The lowest BCUT2D eigenvalue weighted by Gasteiger charge is -2.36. The second kappa shape index (κ2) is 6.19. The van der Waals surface area contributed by atoms with E-state index in [0.29, 0.717) is 0 Å². The number of anilines is 2. The Morgan fingerprint density at radius 2 is 2.00 bits per heavy atom. The van der Waals surface area contributed by atoms with Gasteiger partial charge < -0.3 is 15.0 Å². The first-order valence-electron chi connectivity index (χ1n) is 7.08. The summed E-state index contributed by atoms with van der Waals surface area (Å²) in [7, 11) is 0. The minimum Gasteiger partial charge on any atom is -0.372 e. The van der Waals surface area contributed by atoms with E-state index in [1.807, 2.05) is 13.0 Å². The molecule has 19 heavy (non-hydrogen) atoms. The fourth-order valence-electron chi connectivity index (χ4n) is 2.42. The second-order valence-electron chi connectivity index (χ2n) is 5.25. The van der Waals surface area contributed by atoms with Crippen LogP contribution in [0.5, 0.6) is 0 Å². The molecule has 5 heteroatoms. The lowest BCUT2D eigenvalue weighted by atomic mass is 10.2. The lowest BCUT2D eigenvalue weighted by molar-refractivity contribution is -0.00547. The van der Waals surface area contributed by atoms with Gasteiger partial charge in [-0.3, -0.25) is 0 Å². The van der Waals surface area contributed by atoms with Crippen molar-refractivity contribution in [3.63, 3.8) is 0 Å².